The van der Waals surface area contributed by atoms with Crippen LogP contribution in [0.25, 0.3) is 0 Å². The molecule has 0 saturated carbocycles. The van der Waals surface area contributed by atoms with E-state index in [2.05, 4.69) is 0 Å². The van der Waals surface area contributed by atoms with Crippen molar-refractivity contribution in [3.8, 4) is 11.5 Å². The number of para-hydroxylation sites is 1. The number of anilines is 1. The van der Waals surface area contributed by atoms with E-state index in [1.165, 1.54) is 12.1 Å². The summed E-state index contributed by atoms with van der Waals surface area (Å²) in [4.78, 5) is 10.8. The van der Waals surface area contributed by atoms with Gasteiger partial charge < -0.3 is 15.6 Å². The monoisotopic (exact) mass is 243 g/mol. The minimum atomic E-state index is -1.05. The number of aryl methyl sites for hydroxylation is 1. The lowest BCUT2D eigenvalue weighted by atomic mass is 10.1. The van der Waals surface area contributed by atoms with Gasteiger partial charge in [0.25, 0.3) is 0 Å². The third-order valence-electron chi connectivity index (χ3n) is 2.57. The first-order valence-electron chi connectivity index (χ1n) is 5.44. The van der Waals surface area contributed by atoms with E-state index >= 15 is 0 Å². The Balaban J connectivity index is 2.29. The molecular weight excluding hydrogens is 230 g/mol. The zero-order valence-corrected chi connectivity index (χ0v) is 9.88. The predicted octanol–water partition coefficient (Wildman–Crippen LogP) is 3.07. The Labute approximate surface area is 105 Å². The number of hydrogen-bond donors (Lipinski definition) is 2. The van der Waals surface area contributed by atoms with Crippen LogP contribution in [-0.4, -0.2) is 11.1 Å². The number of ether oxygens (including phenoxy) is 1. The molecule has 0 aromatic heterocycles. The topological polar surface area (TPSA) is 72.5 Å². The van der Waals surface area contributed by atoms with E-state index in [-0.39, 0.29) is 11.3 Å². The standard InChI is InChI=1S/C14H13NO3/c1-9-4-2-3-5-13(9)18-10-6-7-11(14(16)17)12(15)8-10/h2-8H,15H2,1H3,(H,16,17). The third kappa shape index (κ3) is 2.43. The first-order valence-corrected chi connectivity index (χ1v) is 5.44. The molecule has 0 saturated heterocycles. The van der Waals surface area contributed by atoms with Gasteiger partial charge in [-0.25, -0.2) is 4.79 Å². The molecule has 2 aromatic rings. The Bertz CT molecular complexity index is 593. The number of nitrogens with two attached hydrogens (primary N) is 1. The lowest BCUT2D eigenvalue weighted by Crippen LogP contribution is -2.02. The Morgan fingerprint density at radius 3 is 2.56 bits per heavy atom. The van der Waals surface area contributed by atoms with Gasteiger partial charge >= 0.3 is 5.97 Å². The van der Waals surface area contributed by atoms with Crippen LogP contribution in [0, 0.1) is 6.92 Å². The van der Waals surface area contributed by atoms with Gasteiger partial charge in [-0.2, -0.15) is 0 Å². The smallest absolute Gasteiger partial charge is 0.337 e. The van der Waals surface area contributed by atoms with E-state index in [9.17, 15) is 4.79 Å². The fraction of sp³-hybridized carbons (Fsp3) is 0.0714. The van der Waals surface area contributed by atoms with Crippen LogP contribution in [0.15, 0.2) is 42.5 Å². The molecule has 0 radical (unpaired) electrons. The van der Waals surface area contributed by atoms with Crippen molar-refractivity contribution >= 4 is 11.7 Å². The third-order valence-corrected chi connectivity index (χ3v) is 2.57. The number of carboxylic acids is 1. The second-order valence-electron chi connectivity index (χ2n) is 3.92. The summed E-state index contributed by atoms with van der Waals surface area (Å²) in [5, 5.41) is 8.87. The minimum absolute atomic E-state index is 0.0760. The second-order valence-corrected chi connectivity index (χ2v) is 3.92. The van der Waals surface area contributed by atoms with Crippen molar-refractivity contribution in [3.63, 3.8) is 0 Å². The van der Waals surface area contributed by atoms with Crippen molar-refractivity contribution < 1.29 is 14.6 Å². The maximum atomic E-state index is 10.8. The summed E-state index contributed by atoms with van der Waals surface area (Å²) in [6.45, 7) is 1.93. The molecule has 92 valence electrons. The quantitative estimate of drug-likeness (QED) is 0.812. The van der Waals surface area contributed by atoms with Gasteiger partial charge in [0.05, 0.1) is 5.56 Å². The van der Waals surface area contributed by atoms with E-state index in [0.29, 0.717) is 5.75 Å². The van der Waals surface area contributed by atoms with Crippen LogP contribution in [0.2, 0.25) is 0 Å². The van der Waals surface area contributed by atoms with Gasteiger partial charge in [0.15, 0.2) is 0 Å². The summed E-state index contributed by atoms with van der Waals surface area (Å²) >= 11 is 0. The van der Waals surface area contributed by atoms with Gasteiger partial charge in [-0.15, -0.1) is 0 Å². The highest BCUT2D eigenvalue weighted by atomic mass is 16.5. The molecule has 0 aliphatic carbocycles. The lowest BCUT2D eigenvalue weighted by Gasteiger charge is -2.09. The highest BCUT2D eigenvalue weighted by Gasteiger charge is 2.09. The SMILES string of the molecule is Cc1ccccc1Oc1ccc(C(=O)O)c(N)c1. The van der Waals surface area contributed by atoms with Crippen LogP contribution in [0.4, 0.5) is 5.69 Å². The largest absolute Gasteiger partial charge is 0.478 e. The van der Waals surface area contributed by atoms with Crippen molar-refractivity contribution in [3.05, 3.63) is 53.6 Å². The van der Waals surface area contributed by atoms with Crippen molar-refractivity contribution in [1.29, 1.82) is 0 Å². The number of carbonyl (C=O) groups is 1. The first-order chi connectivity index (χ1) is 8.58. The van der Waals surface area contributed by atoms with E-state index in [4.69, 9.17) is 15.6 Å². The van der Waals surface area contributed by atoms with Gasteiger partial charge in [-0.3, -0.25) is 0 Å². The summed E-state index contributed by atoms with van der Waals surface area (Å²) < 4.78 is 5.65. The highest BCUT2D eigenvalue weighted by Crippen LogP contribution is 2.27. The van der Waals surface area contributed by atoms with Crippen molar-refractivity contribution in [2.24, 2.45) is 0 Å². The van der Waals surface area contributed by atoms with Gasteiger partial charge in [-0.05, 0) is 30.7 Å². The van der Waals surface area contributed by atoms with Gasteiger partial charge in [0.1, 0.15) is 11.5 Å². The van der Waals surface area contributed by atoms with Crippen LogP contribution in [-0.2, 0) is 0 Å². The maximum Gasteiger partial charge on any atom is 0.337 e. The molecule has 18 heavy (non-hydrogen) atoms. The molecule has 0 amide bonds. The van der Waals surface area contributed by atoms with Crippen molar-refractivity contribution in [2.45, 2.75) is 6.92 Å². The average Bonchev–Trinajstić information content (AvgIpc) is 2.32. The van der Waals surface area contributed by atoms with Crippen LogP contribution >= 0.6 is 0 Å². The summed E-state index contributed by atoms with van der Waals surface area (Å²) in [5.41, 5.74) is 6.92. The highest BCUT2D eigenvalue weighted by molar-refractivity contribution is 5.93. The molecule has 0 bridgehead atoms. The average molecular weight is 243 g/mol. The summed E-state index contributed by atoms with van der Waals surface area (Å²) in [5.74, 6) is 0.196. The molecule has 3 N–H and O–H groups in total. The zero-order chi connectivity index (χ0) is 13.1. The molecule has 0 atom stereocenters. The zero-order valence-electron chi connectivity index (χ0n) is 9.88. The Morgan fingerprint density at radius 2 is 1.94 bits per heavy atom. The summed E-state index contributed by atoms with van der Waals surface area (Å²) in [6.07, 6.45) is 0. The minimum Gasteiger partial charge on any atom is -0.478 e. The second kappa shape index (κ2) is 4.79. The fourth-order valence-electron chi connectivity index (χ4n) is 1.60. The molecule has 0 heterocycles. The number of hydrogen-bond acceptors (Lipinski definition) is 3. The van der Waals surface area contributed by atoms with E-state index < -0.39 is 5.97 Å². The molecule has 2 rings (SSSR count). The molecular formula is C14H13NO3. The van der Waals surface area contributed by atoms with Crippen molar-refractivity contribution in [1.82, 2.24) is 0 Å². The molecule has 4 heteroatoms. The van der Waals surface area contributed by atoms with E-state index in [1.54, 1.807) is 6.07 Å². The van der Waals surface area contributed by atoms with Gasteiger partial charge in [0.2, 0.25) is 0 Å². The molecule has 0 aliphatic heterocycles. The molecule has 2 aromatic carbocycles. The number of aromatic carboxylic acids is 1. The number of rotatable bonds is 3. The van der Waals surface area contributed by atoms with E-state index in [0.717, 1.165) is 11.3 Å². The van der Waals surface area contributed by atoms with Crippen LogP contribution in [0.5, 0.6) is 11.5 Å². The first kappa shape index (κ1) is 12.0. The maximum absolute atomic E-state index is 10.8. The molecule has 0 unspecified atom stereocenters. The van der Waals surface area contributed by atoms with E-state index in [1.807, 2.05) is 31.2 Å². The van der Waals surface area contributed by atoms with Gasteiger partial charge in [0, 0.05) is 11.8 Å². The molecule has 0 spiro atoms. The predicted molar refractivity (Wildman–Crippen MR) is 69.1 cm³/mol. The number of nitrogen functional groups attached to an aromatic ring is 1. The Hall–Kier alpha value is -2.49. The molecule has 0 aliphatic rings. The molecule has 0 fully saturated rings. The van der Waals surface area contributed by atoms with Crippen LogP contribution in [0.1, 0.15) is 15.9 Å². The summed E-state index contributed by atoms with van der Waals surface area (Å²) in [7, 11) is 0. The van der Waals surface area contributed by atoms with Crippen LogP contribution in [0.3, 0.4) is 0 Å². The van der Waals surface area contributed by atoms with Gasteiger partial charge in [-0.1, -0.05) is 18.2 Å². The summed E-state index contributed by atoms with van der Waals surface area (Å²) in [6, 6.07) is 12.1. The Morgan fingerprint density at radius 1 is 1.22 bits per heavy atom. The number of benzene rings is 2. The lowest BCUT2D eigenvalue weighted by molar-refractivity contribution is 0.0698. The number of carboxylic acid groups (broad SMARTS) is 1. The molecule has 4 nitrogen and oxygen atoms in total. The van der Waals surface area contributed by atoms with Crippen molar-refractivity contribution in [2.75, 3.05) is 5.73 Å². The fourth-order valence-corrected chi connectivity index (χ4v) is 1.60. The van der Waals surface area contributed by atoms with Crippen LogP contribution < -0.4 is 10.5 Å². The normalized spacial score (nSPS) is 10.1. The Kier molecular flexibility index (Phi) is 3.19.